The number of benzene rings is 1. The first-order valence-corrected chi connectivity index (χ1v) is 8.80. The monoisotopic (exact) mass is 403 g/mol. The number of carbonyl (C=O) groups excluding carboxylic acids is 1. The van der Waals surface area contributed by atoms with Crippen molar-refractivity contribution >= 4 is 32.9 Å². The van der Waals surface area contributed by atoms with Gasteiger partial charge in [-0.25, -0.2) is 9.37 Å². The number of amides is 1. The number of hydrogen-bond acceptors (Lipinski definition) is 3. The summed E-state index contributed by atoms with van der Waals surface area (Å²) in [6.07, 6.45) is 1.56. The van der Waals surface area contributed by atoms with Crippen molar-refractivity contribution in [2.24, 2.45) is 0 Å². The zero-order valence-electron chi connectivity index (χ0n) is 13.2. The molecule has 1 N–H and O–H groups in total. The third kappa shape index (κ3) is 3.61. The van der Waals surface area contributed by atoms with Gasteiger partial charge in [-0.15, -0.1) is 0 Å². The second kappa shape index (κ2) is 7.57. The summed E-state index contributed by atoms with van der Waals surface area (Å²) in [5.41, 5.74) is 0.279. The topological polar surface area (TPSA) is 64.0 Å². The van der Waals surface area contributed by atoms with Crippen LogP contribution in [-0.2, 0) is 6.54 Å². The second-order valence-electron chi connectivity index (χ2n) is 5.40. The fraction of sp³-hybridized carbons (Fsp3) is 0.167. The van der Waals surface area contributed by atoms with Crippen LogP contribution in [-0.4, -0.2) is 27.3 Å². The van der Waals surface area contributed by atoms with E-state index in [4.69, 9.17) is 0 Å². The molecule has 25 heavy (non-hydrogen) atoms. The summed E-state index contributed by atoms with van der Waals surface area (Å²) in [5.74, 6) is -0.870. The maximum Gasteiger partial charge on any atom is 0.265 e. The van der Waals surface area contributed by atoms with Crippen LogP contribution >= 0.6 is 15.9 Å². The van der Waals surface area contributed by atoms with Crippen molar-refractivity contribution in [3.63, 3.8) is 0 Å². The second-order valence-corrected chi connectivity index (χ2v) is 6.19. The van der Waals surface area contributed by atoms with Crippen molar-refractivity contribution in [3.05, 3.63) is 76.0 Å². The zero-order valence-corrected chi connectivity index (χ0v) is 14.8. The van der Waals surface area contributed by atoms with Crippen molar-refractivity contribution in [1.29, 1.82) is 0 Å². The van der Waals surface area contributed by atoms with E-state index in [2.05, 4.69) is 26.2 Å². The number of hydrogen-bond donors (Lipinski definition) is 1. The average Bonchev–Trinajstić information content (AvgIpc) is 2.63. The van der Waals surface area contributed by atoms with Gasteiger partial charge in [0, 0.05) is 29.0 Å². The molecule has 1 amide bonds. The molecule has 2 aromatic heterocycles. The molecule has 0 aliphatic heterocycles. The molecular weight excluding hydrogens is 389 g/mol. The Morgan fingerprint density at radius 1 is 1.24 bits per heavy atom. The van der Waals surface area contributed by atoms with E-state index in [1.165, 1.54) is 16.7 Å². The van der Waals surface area contributed by atoms with Crippen LogP contribution in [0.1, 0.15) is 15.9 Å². The Morgan fingerprint density at radius 2 is 2.04 bits per heavy atom. The van der Waals surface area contributed by atoms with Crippen molar-refractivity contribution in [2.75, 3.05) is 11.9 Å². The van der Waals surface area contributed by atoms with E-state index in [1.54, 1.807) is 36.5 Å². The Hall–Kier alpha value is -2.54. The van der Waals surface area contributed by atoms with Gasteiger partial charge < -0.3 is 5.32 Å². The maximum absolute atomic E-state index is 14.0. The summed E-state index contributed by atoms with van der Waals surface area (Å²) in [6, 6.07) is 11.2. The predicted octanol–water partition coefficient (Wildman–Crippen LogP) is 2.71. The fourth-order valence-corrected chi connectivity index (χ4v) is 2.77. The quantitative estimate of drug-likeness (QED) is 0.666. The lowest BCUT2D eigenvalue weighted by molar-refractivity contribution is 0.0954. The number of pyridine rings is 2. The van der Waals surface area contributed by atoms with E-state index in [1.807, 2.05) is 0 Å². The summed E-state index contributed by atoms with van der Waals surface area (Å²) >= 11 is 3.23. The molecule has 0 saturated carbocycles. The minimum atomic E-state index is -0.499. The molecular formula is C18H15BrFN3O2. The van der Waals surface area contributed by atoms with E-state index in [0.717, 1.165) is 0 Å². The van der Waals surface area contributed by atoms with Gasteiger partial charge in [0.25, 0.3) is 11.5 Å². The van der Waals surface area contributed by atoms with Crippen LogP contribution in [0.4, 0.5) is 4.39 Å². The number of nitrogens with zero attached hydrogens (tertiary/aromatic N) is 2. The molecule has 0 bridgehead atoms. The molecule has 7 heteroatoms. The smallest absolute Gasteiger partial charge is 0.265 e. The van der Waals surface area contributed by atoms with Crippen LogP contribution in [0.3, 0.4) is 0 Å². The molecule has 3 aromatic rings. The van der Waals surface area contributed by atoms with Crippen molar-refractivity contribution in [2.45, 2.75) is 6.54 Å². The van der Waals surface area contributed by atoms with Gasteiger partial charge in [0.15, 0.2) is 0 Å². The lowest BCUT2D eigenvalue weighted by Gasteiger charge is -2.12. The van der Waals surface area contributed by atoms with Crippen LogP contribution in [0.25, 0.3) is 11.0 Å². The van der Waals surface area contributed by atoms with Crippen LogP contribution in [0, 0.1) is 5.82 Å². The van der Waals surface area contributed by atoms with Gasteiger partial charge in [-0.2, -0.15) is 0 Å². The van der Waals surface area contributed by atoms with E-state index < -0.39 is 17.3 Å². The standard InChI is InChI=1S/C18H15BrFN3O2/c19-7-9-22-17(24)14-10-12-5-3-8-21-16(12)23(18(14)25)11-13-4-1-2-6-15(13)20/h1-6,8,10H,7,9,11H2,(H,22,24). The Balaban J connectivity index is 2.15. The first kappa shape index (κ1) is 17.3. The van der Waals surface area contributed by atoms with E-state index >= 15 is 0 Å². The zero-order chi connectivity index (χ0) is 17.8. The van der Waals surface area contributed by atoms with Crippen molar-refractivity contribution in [3.8, 4) is 0 Å². The Morgan fingerprint density at radius 3 is 2.80 bits per heavy atom. The summed E-state index contributed by atoms with van der Waals surface area (Å²) in [5, 5.41) is 3.88. The molecule has 0 atom stereocenters. The molecule has 0 aliphatic rings. The number of fused-ring (bicyclic) bond motifs is 1. The number of halogens is 2. The summed E-state index contributed by atoms with van der Waals surface area (Å²) in [6.45, 7) is 0.398. The third-order valence-electron chi connectivity index (χ3n) is 3.76. The molecule has 3 rings (SSSR count). The molecule has 0 spiro atoms. The highest BCUT2D eigenvalue weighted by atomic mass is 79.9. The van der Waals surface area contributed by atoms with Crippen LogP contribution in [0.2, 0.25) is 0 Å². The highest BCUT2D eigenvalue weighted by molar-refractivity contribution is 9.09. The Bertz CT molecular complexity index is 987. The van der Waals surface area contributed by atoms with E-state index in [0.29, 0.717) is 28.5 Å². The van der Waals surface area contributed by atoms with Crippen molar-refractivity contribution in [1.82, 2.24) is 14.9 Å². The Kier molecular flexibility index (Phi) is 5.23. The number of nitrogens with one attached hydrogen (secondary N) is 1. The summed E-state index contributed by atoms with van der Waals surface area (Å²) in [7, 11) is 0. The van der Waals surface area contributed by atoms with Crippen LogP contribution in [0.15, 0.2) is 53.5 Å². The predicted molar refractivity (Wildman–Crippen MR) is 97.6 cm³/mol. The summed E-state index contributed by atoms with van der Waals surface area (Å²) in [4.78, 5) is 29.4. The molecule has 5 nitrogen and oxygen atoms in total. The van der Waals surface area contributed by atoms with Gasteiger partial charge in [-0.1, -0.05) is 34.1 Å². The molecule has 0 radical (unpaired) electrons. The van der Waals surface area contributed by atoms with Gasteiger partial charge in [-0.3, -0.25) is 14.2 Å². The molecule has 0 fully saturated rings. The van der Waals surface area contributed by atoms with Gasteiger partial charge in [-0.05, 0) is 24.3 Å². The largest absolute Gasteiger partial charge is 0.351 e. The fourth-order valence-electron chi connectivity index (χ4n) is 2.57. The van der Waals surface area contributed by atoms with Crippen molar-refractivity contribution < 1.29 is 9.18 Å². The normalized spacial score (nSPS) is 10.8. The van der Waals surface area contributed by atoms with Crippen LogP contribution in [0.5, 0.6) is 0 Å². The molecule has 2 heterocycles. The van der Waals surface area contributed by atoms with Crippen LogP contribution < -0.4 is 10.9 Å². The molecule has 1 aromatic carbocycles. The third-order valence-corrected chi connectivity index (χ3v) is 4.16. The molecule has 0 saturated heterocycles. The first-order valence-electron chi connectivity index (χ1n) is 7.68. The van der Waals surface area contributed by atoms with Gasteiger partial charge in [0.2, 0.25) is 0 Å². The molecule has 128 valence electrons. The Labute approximate surface area is 151 Å². The maximum atomic E-state index is 14.0. The average molecular weight is 404 g/mol. The van der Waals surface area contributed by atoms with Gasteiger partial charge in [0.1, 0.15) is 17.0 Å². The molecule has 0 aliphatic carbocycles. The van der Waals surface area contributed by atoms with Gasteiger partial charge in [0.05, 0.1) is 6.54 Å². The lowest BCUT2D eigenvalue weighted by Crippen LogP contribution is -2.34. The minimum absolute atomic E-state index is 0.00140. The lowest BCUT2D eigenvalue weighted by atomic mass is 10.1. The highest BCUT2D eigenvalue weighted by Crippen LogP contribution is 2.14. The number of rotatable bonds is 5. The number of aromatic nitrogens is 2. The van der Waals surface area contributed by atoms with E-state index in [-0.39, 0.29) is 12.1 Å². The number of alkyl halides is 1. The van der Waals surface area contributed by atoms with E-state index in [9.17, 15) is 14.0 Å². The highest BCUT2D eigenvalue weighted by Gasteiger charge is 2.17. The molecule has 0 unspecified atom stereocenters. The van der Waals surface area contributed by atoms with Gasteiger partial charge >= 0.3 is 0 Å². The number of carbonyl (C=O) groups is 1. The first-order chi connectivity index (χ1) is 12.1. The SMILES string of the molecule is O=C(NCCBr)c1cc2cccnc2n(Cc2ccccc2F)c1=O. The minimum Gasteiger partial charge on any atom is -0.351 e. The summed E-state index contributed by atoms with van der Waals surface area (Å²) < 4.78 is 15.3.